The summed E-state index contributed by atoms with van der Waals surface area (Å²) >= 11 is 12.7. The van der Waals surface area contributed by atoms with Crippen molar-refractivity contribution in [1.82, 2.24) is 25.6 Å². The van der Waals surface area contributed by atoms with Crippen LogP contribution in [0.15, 0.2) is 71.5 Å². The summed E-state index contributed by atoms with van der Waals surface area (Å²) in [7, 11) is 0. The van der Waals surface area contributed by atoms with Crippen LogP contribution in [0.25, 0.3) is 22.2 Å². The van der Waals surface area contributed by atoms with Crippen LogP contribution < -0.4 is 16.2 Å². The molecular weight excluding hydrogens is 556 g/mol. The number of carbonyl (C=O) groups excluding carboxylic acids is 1. The maximum absolute atomic E-state index is 14.6. The Morgan fingerprint density at radius 3 is 2.62 bits per heavy atom. The topological polar surface area (TPSA) is 123 Å². The fourth-order valence-electron chi connectivity index (χ4n) is 4.43. The van der Waals surface area contributed by atoms with Gasteiger partial charge in [0, 0.05) is 34.1 Å². The number of rotatable bonds is 7. The number of halogens is 3. The first kappa shape index (κ1) is 27.2. The molecule has 204 valence electrons. The molecule has 0 radical (unpaired) electrons. The number of pyridine rings is 1. The molecule has 0 aliphatic rings. The minimum absolute atomic E-state index is 0.108. The second kappa shape index (κ2) is 11.4. The predicted octanol–water partition coefficient (Wildman–Crippen LogP) is 6.16. The van der Waals surface area contributed by atoms with E-state index in [0.717, 1.165) is 11.6 Å². The SMILES string of the molecule is Cc1ccc(Cl)c(CNC(=O)N[C@@H](Cc2ccccc2)c2nc(-c3ccc4[nH]c(=O)cc(O)c4c3)c(Cl)[nH]2)c1F. The number of amides is 2. The summed E-state index contributed by atoms with van der Waals surface area (Å²) in [6.45, 7) is 1.52. The molecule has 1 atom stereocenters. The molecule has 40 heavy (non-hydrogen) atoms. The first-order valence-electron chi connectivity index (χ1n) is 12.3. The Bertz CT molecular complexity index is 1770. The molecular formula is C29H24Cl2FN5O3. The minimum atomic E-state index is -0.628. The van der Waals surface area contributed by atoms with Crippen LogP contribution in [-0.4, -0.2) is 26.1 Å². The van der Waals surface area contributed by atoms with Gasteiger partial charge in [-0.1, -0.05) is 65.7 Å². The van der Waals surface area contributed by atoms with E-state index in [1.165, 1.54) is 0 Å². The van der Waals surface area contributed by atoms with Crippen molar-refractivity contribution in [2.45, 2.75) is 25.9 Å². The zero-order chi connectivity index (χ0) is 28.4. The van der Waals surface area contributed by atoms with Gasteiger partial charge < -0.3 is 25.7 Å². The molecule has 0 aliphatic carbocycles. The monoisotopic (exact) mass is 579 g/mol. The summed E-state index contributed by atoms with van der Waals surface area (Å²) in [6, 6.07) is 17.6. The van der Waals surface area contributed by atoms with Crippen molar-refractivity contribution in [3.63, 3.8) is 0 Å². The zero-order valence-corrected chi connectivity index (χ0v) is 22.7. The van der Waals surface area contributed by atoms with E-state index in [9.17, 15) is 19.1 Å². The van der Waals surface area contributed by atoms with Gasteiger partial charge in [0.15, 0.2) is 0 Å². The fourth-order valence-corrected chi connectivity index (χ4v) is 4.89. The number of hydrogen-bond donors (Lipinski definition) is 5. The molecule has 2 amide bonds. The predicted molar refractivity (Wildman–Crippen MR) is 153 cm³/mol. The van der Waals surface area contributed by atoms with E-state index < -0.39 is 23.4 Å². The number of nitrogens with one attached hydrogen (secondary N) is 4. The van der Waals surface area contributed by atoms with Crippen LogP contribution in [0, 0.1) is 12.7 Å². The molecule has 8 nitrogen and oxygen atoms in total. The maximum Gasteiger partial charge on any atom is 0.315 e. The number of benzene rings is 3. The lowest BCUT2D eigenvalue weighted by Gasteiger charge is -2.18. The largest absolute Gasteiger partial charge is 0.507 e. The summed E-state index contributed by atoms with van der Waals surface area (Å²) in [4.78, 5) is 35.0. The molecule has 5 aromatic rings. The van der Waals surface area contributed by atoms with Crippen LogP contribution >= 0.6 is 23.2 Å². The fraction of sp³-hybridized carbons (Fsp3) is 0.138. The molecule has 5 rings (SSSR count). The van der Waals surface area contributed by atoms with Gasteiger partial charge in [-0.25, -0.2) is 14.2 Å². The second-order valence-electron chi connectivity index (χ2n) is 9.29. The summed E-state index contributed by atoms with van der Waals surface area (Å²) in [5.74, 6) is -0.246. The number of hydrogen-bond acceptors (Lipinski definition) is 4. The number of fused-ring (bicyclic) bond motifs is 1. The van der Waals surface area contributed by atoms with Crippen LogP contribution in [0.5, 0.6) is 5.75 Å². The number of aromatic nitrogens is 3. The molecule has 2 aromatic heterocycles. The van der Waals surface area contributed by atoms with E-state index >= 15 is 0 Å². The van der Waals surface area contributed by atoms with Crippen molar-refractivity contribution in [2.75, 3.05) is 0 Å². The molecule has 5 N–H and O–H groups in total. The molecule has 0 saturated carbocycles. The van der Waals surface area contributed by atoms with Gasteiger partial charge in [0.25, 0.3) is 5.56 Å². The number of aromatic hydroxyl groups is 1. The van der Waals surface area contributed by atoms with Gasteiger partial charge in [0.05, 0.1) is 11.6 Å². The maximum atomic E-state index is 14.6. The highest BCUT2D eigenvalue weighted by Crippen LogP contribution is 2.32. The van der Waals surface area contributed by atoms with E-state index in [1.54, 1.807) is 37.3 Å². The zero-order valence-electron chi connectivity index (χ0n) is 21.2. The summed E-state index contributed by atoms with van der Waals surface area (Å²) in [5.41, 5.74) is 2.60. The first-order valence-corrected chi connectivity index (χ1v) is 13.1. The van der Waals surface area contributed by atoms with E-state index in [4.69, 9.17) is 23.2 Å². The van der Waals surface area contributed by atoms with Gasteiger partial charge in [-0.15, -0.1) is 0 Å². The average Bonchev–Trinajstić information content (AvgIpc) is 3.32. The number of nitrogens with zero attached hydrogens (tertiary/aromatic N) is 1. The quantitative estimate of drug-likeness (QED) is 0.158. The van der Waals surface area contributed by atoms with Crippen molar-refractivity contribution < 1.29 is 14.3 Å². The lowest BCUT2D eigenvalue weighted by molar-refractivity contribution is 0.236. The lowest BCUT2D eigenvalue weighted by atomic mass is 10.1. The Balaban J connectivity index is 1.42. The molecule has 2 heterocycles. The van der Waals surface area contributed by atoms with E-state index in [1.807, 2.05) is 30.3 Å². The number of aryl methyl sites for hydroxylation is 1. The van der Waals surface area contributed by atoms with Gasteiger partial charge in [0.1, 0.15) is 28.2 Å². The molecule has 3 aromatic carbocycles. The van der Waals surface area contributed by atoms with Crippen LogP contribution in [0.1, 0.15) is 28.6 Å². The number of H-pyrrole nitrogens is 2. The van der Waals surface area contributed by atoms with Gasteiger partial charge in [-0.2, -0.15) is 0 Å². The molecule has 0 unspecified atom stereocenters. The highest BCUT2D eigenvalue weighted by atomic mass is 35.5. The summed E-state index contributed by atoms with van der Waals surface area (Å²) < 4.78 is 14.6. The van der Waals surface area contributed by atoms with Crippen molar-refractivity contribution >= 4 is 40.1 Å². The first-order chi connectivity index (χ1) is 19.2. The Morgan fingerprint density at radius 1 is 1.07 bits per heavy atom. The van der Waals surface area contributed by atoms with Crippen LogP contribution in [0.3, 0.4) is 0 Å². The summed E-state index contributed by atoms with van der Waals surface area (Å²) in [5, 5.41) is 16.7. The lowest BCUT2D eigenvalue weighted by Crippen LogP contribution is -2.39. The Kier molecular flexibility index (Phi) is 7.77. The standard InChI is InChI=1S/C29H24Cl2FN5O3/c1-15-7-9-20(30)19(25(15)32)14-33-29(40)35-22(11-16-5-3-2-4-6-16)28-36-26(27(31)37-28)17-8-10-21-18(12-17)23(38)13-24(39)34-21/h2-10,12-13,22H,11,14H2,1H3,(H,36,37)(H2,33,35,40)(H2,34,38,39)/t22-/m0/s1. The molecule has 0 bridgehead atoms. The molecule has 11 heteroatoms. The van der Waals surface area contributed by atoms with Crippen molar-refractivity contribution in [1.29, 1.82) is 0 Å². The Labute approximate surface area is 238 Å². The molecule has 0 fully saturated rings. The molecule has 0 aliphatic heterocycles. The second-order valence-corrected chi connectivity index (χ2v) is 10.1. The van der Waals surface area contributed by atoms with E-state index in [2.05, 4.69) is 25.6 Å². The highest BCUT2D eigenvalue weighted by molar-refractivity contribution is 6.32. The van der Waals surface area contributed by atoms with Gasteiger partial charge in [-0.3, -0.25) is 4.79 Å². The number of aromatic amines is 2. The van der Waals surface area contributed by atoms with E-state index in [0.29, 0.717) is 40.0 Å². The van der Waals surface area contributed by atoms with Crippen molar-refractivity contribution in [2.24, 2.45) is 0 Å². The third-order valence-corrected chi connectivity index (χ3v) is 7.12. The number of imidazole rings is 1. The normalized spacial score (nSPS) is 11.9. The van der Waals surface area contributed by atoms with Gasteiger partial charge >= 0.3 is 6.03 Å². The number of carbonyl (C=O) groups is 1. The van der Waals surface area contributed by atoms with Gasteiger partial charge in [0.2, 0.25) is 0 Å². The van der Waals surface area contributed by atoms with Crippen LogP contribution in [0.4, 0.5) is 9.18 Å². The van der Waals surface area contributed by atoms with Crippen LogP contribution in [-0.2, 0) is 13.0 Å². The molecule has 0 saturated heterocycles. The summed E-state index contributed by atoms with van der Waals surface area (Å²) in [6.07, 6.45) is 0.386. The highest BCUT2D eigenvalue weighted by Gasteiger charge is 2.22. The average molecular weight is 580 g/mol. The third kappa shape index (κ3) is 5.80. The Morgan fingerprint density at radius 2 is 1.85 bits per heavy atom. The Hall–Kier alpha value is -4.34. The third-order valence-electron chi connectivity index (χ3n) is 6.50. The van der Waals surface area contributed by atoms with E-state index in [-0.39, 0.29) is 28.0 Å². The van der Waals surface area contributed by atoms with Crippen LogP contribution in [0.2, 0.25) is 10.2 Å². The minimum Gasteiger partial charge on any atom is -0.507 e. The number of urea groups is 1. The smallest absolute Gasteiger partial charge is 0.315 e. The van der Waals surface area contributed by atoms with Crippen molar-refractivity contribution in [3.8, 4) is 17.0 Å². The van der Waals surface area contributed by atoms with Gasteiger partial charge in [-0.05, 0) is 42.7 Å². The molecule has 0 spiro atoms. The van der Waals surface area contributed by atoms with Crippen molar-refractivity contribution in [3.05, 3.63) is 116 Å².